The van der Waals surface area contributed by atoms with Crippen LogP contribution in [-0.4, -0.2) is 34.0 Å². The van der Waals surface area contributed by atoms with Crippen LogP contribution in [0.5, 0.6) is 0 Å². The second kappa shape index (κ2) is 4.80. The standard InChI is InChI=1S/C15H19N3O2S/c19-21(20)9-2-1-4-12(21)10-14-17-13-5-3-8-16-15(13)18(14)11-6-7-11/h3,5,8,11-12H,1-2,4,6-7,9-10H2. The number of aromatic nitrogens is 3. The van der Waals surface area contributed by atoms with Gasteiger partial charge in [-0.1, -0.05) is 6.42 Å². The van der Waals surface area contributed by atoms with Gasteiger partial charge in [0.1, 0.15) is 11.3 Å². The van der Waals surface area contributed by atoms with Crippen molar-refractivity contribution in [1.29, 1.82) is 0 Å². The molecule has 1 saturated carbocycles. The minimum absolute atomic E-state index is 0.263. The molecule has 2 aliphatic rings. The number of hydrogen-bond donors (Lipinski definition) is 0. The molecule has 0 aromatic carbocycles. The van der Waals surface area contributed by atoms with Crippen LogP contribution in [0.4, 0.5) is 0 Å². The van der Waals surface area contributed by atoms with Gasteiger partial charge in [0.2, 0.25) is 0 Å². The third-order valence-corrected chi connectivity index (χ3v) is 6.83. The molecular weight excluding hydrogens is 286 g/mol. The van der Waals surface area contributed by atoms with Gasteiger partial charge in [0.15, 0.2) is 15.5 Å². The first-order chi connectivity index (χ1) is 10.1. The second-order valence-corrected chi connectivity index (χ2v) is 8.56. The minimum atomic E-state index is -2.95. The first-order valence-electron chi connectivity index (χ1n) is 7.68. The van der Waals surface area contributed by atoms with Gasteiger partial charge in [-0.3, -0.25) is 0 Å². The zero-order valence-corrected chi connectivity index (χ0v) is 12.7. The Hall–Kier alpha value is -1.43. The Labute approximate surface area is 124 Å². The Balaban J connectivity index is 1.74. The van der Waals surface area contributed by atoms with E-state index in [0.29, 0.717) is 18.2 Å². The molecule has 5 nitrogen and oxygen atoms in total. The van der Waals surface area contributed by atoms with E-state index in [2.05, 4.69) is 14.5 Å². The van der Waals surface area contributed by atoms with Gasteiger partial charge in [0.25, 0.3) is 0 Å². The Morgan fingerprint density at radius 2 is 2.10 bits per heavy atom. The summed E-state index contributed by atoms with van der Waals surface area (Å²) < 4.78 is 26.7. The number of pyridine rings is 1. The summed E-state index contributed by atoms with van der Waals surface area (Å²) in [6.45, 7) is 0. The molecule has 0 spiro atoms. The normalized spacial score (nSPS) is 25.2. The molecule has 0 radical (unpaired) electrons. The van der Waals surface area contributed by atoms with E-state index in [0.717, 1.165) is 49.1 Å². The van der Waals surface area contributed by atoms with Crippen LogP contribution in [0.1, 0.15) is 44.0 Å². The van der Waals surface area contributed by atoms with Crippen LogP contribution in [0.2, 0.25) is 0 Å². The fourth-order valence-electron chi connectivity index (χ4n) is 3.29. The maximum Gasteiger partial charge on any atom is 0.160 e. The Kier molecular flexibility index (Phi) is 3.03. The molecule has 3 heterocycles. The second-order valence-electron chi connectivity index (χ2n) is 6.16. The van der Waals surface area contributed by atoms with Gasteiger partial charge in [0.05, 0.1) is 11.0 Å². The van der Waals surface area contributed by atoms with E-state index >= 15 is 0 Å². The van der Waals surface area contributed by atoms with Crippen molar-refractivity contribution in [2.45, 2.75) is 49.8 Å². The summed E-state index contributed by atoms with van der Waals surface area (Å²) >= 11 is 0. The van der Waals surface area contributed by atoms with Crippen molar-refractivity contribution in [3.63, 3.8) is 0 Å². The lowest BCUT2D eigenvalue weighted by molar-refractivity contribution is 0.529. The zero-order chi connectivity index (χ0) is 14.4. The first-order valence-corrected chi connectivity index (χ1v) is 9.40. The molecule has 1 saturated heterocycles. The highest BCUT2D eigenvalue weighted by Gasteiger charge is 2.33. The number of rotatable bonds is 3. The summed E-state index contributed by atoms with van der Waals surface area (Å²) in [6.07, 6.45) is 7.19. The Morgan fingerprint density at radius 3 is 2.86 bits per heavy atom. The van der Waals surface area contributed by atoms with E-state index in [9.17, 15) is 8.42 Å². The van der Waals surface area contributed by atoms with E-state index in [-0.39, 0.29) is 5.25 Å². The zero-order valence-electron chi connectivity index (χ0n) is 11.9. The van der Waals surface area contributed by atoms with Crippen molar-refractivity contribution >= 4 is 21.0 Å². The van der Waals surface area contributed by atoms with Crippen molar-refractivity contribution in [2.75, 3.05) is 5.75 Å². The Morgan fingerprint density at radius 1 is 1.24 bits per heavy atom. The van der Waals surface area contributed by atoms with E-state index in [1.54, 1.807) is 6.20 Å². The molecule has 1 unspecified atom stereocenters. The van der Waals surface area contributed by atoms with Gasteiger partial charge in [-0.2, -0.15) is 0 Å². The fourth-order valence-corrected chi connectivity index (χ4v) is 5.16. The lowest BCUT2D eigenvalue weighted by Crippen LogP contribution is -2.31. The monoisotopic (exact) mass is 305 g/mol. The number of imidazole rings is 1. The van der Waals surface area contributed by atoms with Crippen molar-refractivity contribution in [3.8, 4) is 0 Å². The maximum atomic E-state index is 12.2. The van der Waals surface area contributed by atoms with Crippen molar-refractivity contribution < 1.29 is 8.42 Å². The number of hydrogen-bond acceptors (Lipinski definition) is 4. The molecule has 6 heteroatoms. The van der Waals surface area contributed by atoms with Gasteiger partial charge < -0.3 is 4.57 Å². The number of fused-ring (bicyclic) bond motifs is 1. The van der Waals surface area contributed by atoms with Gasteiger partial charge in [0, 0.05) is 18.7 Å². The van der Waals surface area contributed by atoms with Crippen LogP contribution in [0, 0.1) is 0 Å². The molecule has 1 aliphatic carbocycles. The van der Waals surface area contributed by atoms with Crippen LogP contribution in [0.15, 0.2) is 18.3 Å². The lowest BCUT2D eigenvalue weighted by atomic mass is 10.1. The summed E-state index contributed by atoms with van der Waals surface area (Å²) in [7, 11) is -2.95. The smallest absolute Gasteiger partial charge is 0.160 e. The van der Waals surface area contributed by atoms with E-state index in [4.69, 9.17) is 0 Å². The molecular formula is C15H19N3O2S. The van der Waals surface area contributed by atoms with E-state index in [1.807, 2.05) is 12.1 Å². The number of nitrogens with zero attached hydrogens (tertiary/aromatic N) is 3. The molecule has 0 N–H and O–H groups in total. The molecule has 1 atom stereocenters. The van der Waals surface area contributed by atoms with Gasteiger partial charge in [-0.25, -0.2) is 18.4 Å². The molecule has 21 heavy (non-hydrogen) atoms. The average molecular weight is 305 g/mol. The summed E-state index contributed by atoms with van der Waals surface area (Å²) in [5.74, 6) is 1.24. The van der Waals surface area contributed by atoms with Crippen LogP contribution < -0.4 is 0 Å². The van der Waals surface area contributed by atoms with Gasteiger partial charge in [-0.05, 0) is 37.8 Å². The molecule has 0 amide bonds. The van der Waals surface area contributed by atoms with E-state index < -0.39 is 9.84 Å². The highest BCUT2D eigenvalue weighted by atomic mass is 32.2. The molecule has 4 rings (SSSR count). The van der Waals surface area contributed by atoms with Crippen LogP contribution in [0.3, 0.4) is 0 Å². The van der Waals surface area contributed by atoms with Crippen LogP contribution in [-0.2, 0) is 16.3 Å². The highest BCUT2D eigenvalue weighted by Crippen LogP contribution is 2.39. The molecule has 1 aliphatic heterocycles. The predicted molar refractivity (Wildman–Crippen MR) is 80.9 cm³/mol. The molecule has 112 valence electrons. The van der Waals surface area contributed by atoms with Crippen LogP contribution in [0.25, 0.3) is 11.2 Å². The first kappa shape index (κ1) is 13.2. The third-order valence-electron chi connectivity index (χ3n) is 4.56. The summed E-state index contributed by atoms with van der Waals surface area (Å²) in [5.41, 5.74) is 1.79. The minimum Gasteiger partial charge on any atom is -0.310 e. The average Bonchev–Trinajstić information content (AvgIpc) is 3.22. The predicted octanol–water partition coefficient (Wildman–Crippen LogP) is 2.28. The molecule has 2 aromatic heterocycles. The molecule has 2 fully saturated rings. The van der Waals surface area contributed by atoms with Crippen molar-refractivity contribution in [2.24, 2.45) is 0 Å². The summed E-state index contributed by atoms with van der Waals surface area (Å²) in [5, 5.41) is -0.263. The maximum absolute atomic E-state index is 12.2. The topological polar surface area (TPSA) is 64.8 Å². The largest absolute Gasteiger partial charge is 0.310 e. The van der Waals surface area contributed by atoms with Gasteiger partial charge >= 0.3 is 0 Å². The SMILES string of the molecule is O=S1(=O)CCCCC1Cc1nc2cccnc2n1C1CC1. The lowest BCUT2D eigenvalue weighted by Gasteiger charge is -2.22. The van der Waals surface area contributed by atoms with Crippen LogP contribution >= 0.6 is 0 Å². The fraction of sp³-hybridized carbons (Fsp3) is 0.600. The number of sulfone groups is 1. The van der Waals surface area contributed by atoms with Crippen molar-refractivity contribution in [1.82, 2.24) is 14.5 Å². The quantitative estimate of drug-likeness (QED) is 0.872. The summed E-state index contributed by atoms with van der Waals surface area (Å²) in [6, 6.07) is 4.31. The van der Waals surface area contributed by atoms with Crippen molar-refractivity contribution in [3.05, 3.63) is 24.2 Å². The molecule has 2 aromatic rings. The van der Waals surface area contributed by atoms with E-state index in [1.165, 1.54) is 0 Å². The Bertz CT molecular complexity index is 777. The highest BCUT2D eigenvalue weighted by molar-refractivity contribution is 7.92. The third kappa shape index (κ3) is 2.35. The molecule has 0 bridgehead atoms. The summed E-state index contributed by atoms with van der Waals surface area (Å²) in [4.78, 5) is 9.11. The van der Waals surface area contributed by atoms with Gasteiger partial charge in [-0.15, -0.1) is 0 Å².